The summed E-state index contributed by atoms with van der Waals surface area (Å²) >= 11 is 6.50. The Kier molecular flexibility index (Phi) is 4.55. The Morgan fingerprint density at radius 1 is 1.10 bits per heavy atom. The lowest BCUT2D eigenvalue weighted by Gasteiger charge is -2.27. The van der Waals surface area contributed by atoms with Crippen molar-refractivity contribution in [3.05, 3.63) is 82.3 Å². The summed E-state index contributed by atoms with van der Waals surface area (Å²) in [4.78, 5) is 14.5. The second-order valence-corrected chi connectivity index (χ2v) is 9.91. The van der Waals surface area contributed by atoms with E-state index in [1.165, 1.54) is 34.5 Å². The van der Waals surface area contributed by atoms with Crippen molar-refractivity contribution in [1.29, 1.82) is 0 Å². The minimum Gasteiger partial charge on any atom is -0.325 e. The first-order chi connectivity index (χ1) is 15.1. The summed E-state index contributed by atoms with van der Waals surface area (Å²) < 4.78 is 0. The Labute approximate surface area is 188 Å². The SMILES string of the molecule is C[C@@H]1CCc2ncnc(N3C[C@]4(CCN(Cc5ccccc5)C4)c4cc(Cl)ccc43)c21. The second-order valence-electron chi connectivity index (χ2n) is 9.47. The molecule has 31 heavy (non-hydrogen) atoms. The third-order valence-electron chi connectivity index (χ3n) is 7.47. The molecule has 1 aromatic heterocycles. The lowest BCUT2D eigenvalue weighted by Crippen LogP contribution is -2.35. The van der Waals surface area contributed by atoms with Crippen LogP contribution in [0.25, 0.3) is 0 Å². The monoisotopic (exact) mass is 430 g/mol. The second kappa shape index (κ2) is 7.32. The first-order valence-corrected chi connectivity index (χ1v) is 11.7. The van der Waals surface area contributed by atoms with Crippen molar-refractivity contribution in [1.82, 2.24) is 14.9 Å². The summed E-state index contributed by atoms with van der Waals surface area (Å²) in [6, 6.07) is 17.2. The quantitative estimate of drug-likeness (QED) is 0.551. The highest BCUT2D eigenvalue weighted by atomic mass is 35.5. The molecule has 1 saturated heterocycles. The highest BCUT2D eigenvalue weighted by Crippen LogP contribution is 2.51. The zero-order valence-corrected chi connectivity index (χ0v) is 18.6. The Bertz CT molecular complexity index is 1130. The van der Waals surface area contributed by atoms with Crippen molar-refractivity contribution >= 4 is 23.1 Å². The number of hydrogen-bond acceptors (Lipinski definition) is 4. The number of hydrogen-bond donors (Lipinski definition) is 0. The molecule has 0 bridgehead atoms. The van der Waals surface area contributed by atoms with Gasteiger partial charge in [-0.25, -0.2) is 9.97 Å². The number of nitrogens with zero attached hydrogens (tertiary/aromatic N) is 4. The number of aryl methyl sites for hydroxylation is 1. The fraction of sp³-hybridized carbons (Fsp3) is 0.385. The molecule has 1 fully saturated rings. The van der Waals surface area contributed by atoms with Crippen LogP contribution in [0.2, 0.25) is 5.02 Å². The predicted molar refractivity (Wildman–Crippen MR) is 125 cm³/mol. The maximum atomic E-state index is 6.50. The molecule has 0 amide bonds. The number of aromatic nitrogens is 2. The lowest BCUT2D eigenvalue weighted by molar-refractivity contribution is 0.307. The summed E-state index contributed by atoms with van der Waals surface area (Å²) in [6.07, 6.45) is 5.12. The van der Waals surface area contributed by atoms with E-state index in [4.69, 9.17) is 16.6 Å². The van der Waals surface area contributed by atoms with Crippen LogP contribution in [-0.4, -0.2) is 34.5 Å². The fourth-order valence-electron chi connectivity index (χ4n) is 5.95. The zero-order valence-electron chi connectivity index (χ0n) is 17.9. The average Bonchev–Trinajstić information content (AvgIpc) is 3.46. The average molecular weight is 431 g/mol. The smallest absolute Gasteiger partial charge is 0.140 e. The number of likely N-dealkylation sites (tertiary alicyclic amines) is 1. The van der Waals surface area contributed by atoms with E-state index in [1.807, 2.05) is 6.07 Å². The Morgan fingerprint density at radius 2 is 1.97 bits per heavy atom. The van der Waals surface area contributed by atoms with Crippen LogP contribution in [0.4, 0.5) is 11.5 Å². The van der Waals surface area contributed by atoms with Gasteiger partial charge in [0.2, 0.25) is 0 Å². The van der Waals surface area contributed by atoms with Crippen LogP contribution in [-0.2, 0) is 18.4 Å². The summed E-state index contributed by atoms with van der Waals surface area (Å²) in [5.74, 6) is 1.62. The van der Waals surface area contributed by atoms with Crippen LogP contribution >= 0.6 is 11.6 Å². The van der Waals surface area contributed by atoms with Crippen molar-refractivity contribution < 1.29 is 0 Å². The Balaban J connectivity index is 1.38. The van der Waals surface area contributed by atoms with E-state index in [9.17, 15) is 0 Å². The van der Waals surface area contributed by atoms with E-state index >= 15 is 0 Å². The minimum absolute atomic E-state index is 0.0920. The number of rotatable bonds is 3. The molecule has 0 unspecified atom stereocenters. The van der Waals surface area contributed by atoms with Gasteiger partial charge in [0.15, 0.2) is 0 Å². The maximum Gasteiger partial charge on any atom is 0.140 e. The largest absolute Gasteiger partial charge is 0.325 e. The molecular formula is C26H27ClN4. The molecule has 2 aliphatic heterocycles. The first kappa shape index (κ1) is 19.3. The van der Waals surface area contributed by atoms with Gasteiger partial charge in [0.1, 0.15) is 12.1 Å². The highest BCUT2D eigenvalue weighted by Gasteiger charge is 2.48. The molecule has 0 saturated carbocycles. The van der Waals surface area contributed by atoms with Gasteiger partial charge >= 0.3 is 0 Å². The molecule has 3 aromatic rings. The molecule has 2 atom stereocenters. The van der Waals surface area contributed by atoms with E-state index in [0.717, 1.165) is 49.9 Å². The van der Waals surface area contributed by atoms with E-state index in [2.05, 4.69) is 64.2 Å². The van der Waals surface area contributed by atoms with Crippen molar-refractivity contribution in [2.24, 2.45) is 0 Å². The fourth-order valence-corrected chi connectivity index (χ4v) is 6.12. The third-order valence-corrected chi connectivity index (χ3v) is 7.71. The van der Waals surface area contributed by atoms with Crippen molar-refractivity contribution in [3.63, 3.8) is 0 Å². The molecule has 1 spiro atoms. The van der Waals surface area contributed by atoms with E-state index in [-0.39, 0.29) is 5.41 Å². The van der Waals surface area contributed by atoms with Gasteiger partial charge in [0, 0.05) is 47.0 Å². The molecule has 3 heterocycles. The molecule has 2 aromatic carbocycles. The molecule has 3 aliphatic rings. The number of halogens is 1. The van der Waals surface area contributed by atoms with Crippen LogP contribution in [0.3, 0.4) is 0 Å². The highest BCUT2D eigenvalue weighted by molar-refractivity contribution is 6.30. The van der Waals surface area contributed by atoms with E-state index in [1.54, 1.807) is 6.33 Å². The van der Waals surface area contributed by atoms with Gasteiger partial charge in [-0.2, -0.15) is 0 Å². The van der Waals surface area contributed by atoms with Gasteiger partial charge in [-0.05, 0) is 61.1 Å². The molecular weight excluding hydrogens is 404 g/mol. The summed E-state index contributed by atoms with van der Waals surface area (Å²) in [5, 5.41) is 0.822. The summed E-state index contributed by atoms with van der Waals surface area (Å²) in [7, 11) is 0. The summed E-state index contributed by atoms with van der Waals surface area (Å²) in [5.41, 5.74) is 6.70. The van der Waals surface area contributed by atoms with E-state index < -0.39 is 0 Å². The van der Waals surface area contributed by atoms with Gasteiger partial charge < -0.3 is 4.90 Å². The van der Waals surface area contributed by atoms with Crippen LogP contribution in [0, 0.1) is 0 Å². The predicted octanol–water partition coefficient (Wildman–Crippen LogP) is 5.48. The molecule has 0 N–H and O–H groups in total. The molecule has 1 aliphatic carbocycles. The molecule has 4 nitrogen and oxygen atoms in total. The summed E-state index contributed by atoms with van der Waals surface area (Å²) in [6.45, 7) is 6.43. The first-order valence-electron chi connectivity index (χ1n) is 11.3. The van der Waals surface area contributed by atoms with E-state index in [0.29, 0.717) is 5.92 Å². The van der Waals surface area contributed by atoms with Crippen molar-refractivity contribution in [3.8, 4) is 0 Å². The normalized spacial score (nSPS) is 24.7. The topological polar surface area (TPSA) is 32.3 Å². The van der Waals surface area contributed by atoms with Gasteiger partial charge in [0.25, 0.3) is 0 Å². The van der Waals surface area contributed by atoms with Crippen molar-refractivity contribution in [2.45, 2.75) is 44.1 Å². The van der Waals surface area contributed by atoms with Crippen LogP contribution in [0.1, 0.15) is 48.1 Å². The van der Waals surface area contributed by atoms with Crippen LogP contribution in [0.5, 0.6) is 0 Å². The zero-order chi connectivity index (χ0) is 21.0. The Hall–Kier alpha value is -2.43. The minimum atomic E-state index is 0.0920. The molecule has 158 valence electrons. The molecule has 6 rings (SSSR count). The van der Waals surface area contributed by atoms with Gasteiger partial charge in [-0.15, -0.1) is 0 Å². The number of fused-ring (bicyclic) bond motifs is 3. The van der Waals surface area contributed by atoms with Gasteiger partial charge in [0.05, 0.1) is 0 Å². The molecule has 5 heteroatoms. The maximum absolute atomic E-state index is 6.50. The van der Waals surface area contributed by atoms with Crippen LogP contribution < -0.4 is 4.90 Å². The van der Waals surface area contributed by atoms with Gasteiger partial charge in [-0.1, -0.05) is 48.9 Å². The Morgan fingerprint density at radius 3 is 2.84 bits per heavy atom. The lowest BCUT2D eigenvalue weighted by atomic mass is 9.81. The molecule has 0 radical (unpaired) electrons. The third kappa shape index (κ3) is 3.16. The number of benzene rings is 2. The number of anilines is 2. The standard InChI is InChI=1S/C26H27ClN4/c1-18-7-9-22-24(18)25(29-17-28-22)31-16-26(21-13-20(27)8-10-23(21)31)11-12-30(15-26)14-19-5-3-2-4-6-19/h2-6,8,10,13,17-18H,7,9,11-12,14-16H2,1H3/t18-,26-/m1/s1. The van der Waals surface area contributed by atoms with Gasteiger partial charge in [-0.3, -0.25) is 4.90 Å². The van der Waals surface area contributed by atoms with Crippen LogP contribution in [0.15, 0.2) is 54.9 Å². The van der Waals surface area contributed by atoms with Crippen molar-refractivity contribution in [2.75, 3.05) is 24.5 Å².